The molecule has 0 saturated carbocycles. The van der Waals surface area contributed by atoms with Crippen molar-refractivity contribution in [2.75, 3.05) is 11.3 Å². The highest BCUT2D eigenvalue weighted by molar-refractivity contribution is 9.09. The monoisotopic (exact) mass is 563 g/mol. The fourth-order valence-electron chi connectivity index (χ4n) is 3.57. The van der Waals surface area contributed by atoms with Crippen LogP contribution in [0.15, 0.2) is 47.1 Å². The van der Waals surface area contributed by atoms with Gasteiger partial charge in [-0.15, -0.1) is 0 Å². The largest absolute Gasteiger partial charge is 0.416 e. The normalized spacial score (nSPS) is 20.1. The molecule has 1 aliphatic heterocycles. The lowest BCUT2D eigenvalue weighted by Crippen LogP contribution is -2.33. The molecule has 0 amide bonds. The number of ketones is 1. The van der Waals surface area contributed by atoms with Gasteiger partial charge in [0.25, 0.3) is 0 Å². The number of sulfonamides is 1. The summed E-state index contributed by atoms with van der Waals surface area (Å²) in [6.07, 6.45) is -0.0466. The Morgan fingerprint density at radius 1 is 1.24 bits per heavy atom. The third-order valence-corrected chi connectivity index (χ3v) is 7.48. The third kappa shape index (κ3) is 4.58. The fourth-order valence-corrected chi connectivity index (χ4v) is 5.23. The quantitative estimate of drug-likeness (QED) is 0.332. The molecule has 0 spiro atoms. The van der Waals surface area contributed by atoms with Gasteiger partial charge in [-0.2, -0.15) is 13.2 Å². The minimum absolute atomic E-state index is 0.0549. The molecule has 0 fully saturated rings. The van der Waals surface area contributed by atoms with E-state index in [0.717, 1.165) is 18.2 Å². The van der Waals surface area contributed by atoms with Gasteiger partial charge in [0.2, 0.25) is 15.8 Å². The maximum absolute atomic E-state index is 15.2. The lowest BCUT2D eigenvalue weighted by atomic mass is 10.0. The molecule has 0 bridgehead atoms. The molecule has 1 aromatic heterocycles. The van der Waals surface area contributed by atoms with E-state index in [9.17, 15) is 30.8 Å². The number of carbonyl (C=O) groups is 1. The Bertz CT molecular complexity index is 1460. The zero-order chi connectivity index (χ0) is 24.8. The van der Waals surface area contributed by atoms with Gasteiger partial charge in [0, 0.05) is 17.0 Å². The molecule has 4 rings (SSSR count). The van der Waals surface area contributed by atoms with Crippen LogP contribution in [0.4, 0.5) is 27.6 Å². The van der Waals surface area contributed by atoms with Crippen molar-refractivity contribution >= 4 is 43.5 Å². The van der Waals surface area contributed by atoms with E-state index in [4.69, 9.17) is 0 Å². The SMILES string of the molecule is O=C(c1c(F)ccc(NS(=O)(=O)C2C=CC(C(F)(F)F)=CC2)c1F)c1c[nH]c2c1=CC(Br)CN=2. The Labute approximate surface area is 198 Å². The molecular weight excluding hydrogens is 549 g/mol. The summed E-state index contributed by atoms with van der Waals surface area (Å²) in [4.78, 5) is 19.8. The Morgan fingerprint density at radius 3 is 2.62 bits per heavy atom. The summed E-state index contributed by atoms with van der Waals surface area (Å²) >= 11 is 3.34. The van der Waals surface area contributed by atoms with Crippen molar-refractivity contribution in [1.29, 1.82) is 0 Å². The number of hydrogen-bond donors (Lipinski definition) is 2. The number of alkyl halides is 4. The first-order valence-electron chi connectivity index (χ1n) is 9.76. The minimum atomic E-state index is -4.63. The van der Waals surface area contributed by atoms with E-state index in [-0.39, 0.29) is 10.4 Å². The Kier molecular flexibility index (Phi) is 6.27. The predicted octanol–water partition coefficient (Wildman–Crippen LogP) is 3.26. The number of benzene rings is 1. The number of nitrogens with one attached hydrogen (secondary N) is 2. The van der Waals surface area contributed by atoms with Crippen molar-refractivity contribution in [3.8, 4) is 0 Å². The summed E-state index contributed by atoms with van der Waals surface area (Å²) in [5.74, 6) is -3.69. The van der Waals surface area contributed by atoms with Crippen molar-refractivity contribution in [3.05, 3.63) is 75.6 Å². The molecule has 13 heteroatoms. The van der Waals surface area contributed by atoms with Crippen LogP contribution in [0.5, 0.6) is 0 Å². The fraction of sp³-hybridized carbons (Fsp3) is 0.238. The average Bonchev–Trinajstić information content (AvgIpc) is 3.18. The van der Waals surface area contributed by atoms with Crippen LogP contribution in [0.1, 0.15) is 22.3 Å². The van der Waals surface area contributed by atoms with Crippen molar-refractivity contribution < 1.29 is 35.2 Å². The summed E-state index contributed by atoms with van der Waals surface area (Å²) in [5, 5.41) is -1.08. The van der Waals surface area contributed by atoms with Gasteiger partial charge in [0.15, 0.2) is 5.82 Å². The van der Waals surface area contributed by atoms with Crippen LogP contribution in [-0.2, 0) is 10.0 Å². The molecular formula is C21H15BrF5N3O3S. The van der Waals surface area contributed by atoms with Gasteiger partial charge < -0.3 is 4.98 Å². The van der Waals surface area contributed by atoms with E-state index in [1.54, 1.807) is 6.08 Å². The second-order valence-electron chi connectivity index (χ2n) is 7.54. The van der Waals surface area contributed by atoms with E-state index in [1.165, 1.54) is 6.20 Å². The number of allylic oxidation sites excluding steroid dienone is 3. The number of halogens is 6. The van der Waals surface area contributed by atoms with E-state index < -0.39 is 62.1 Å². The number of rotatable bonds is 5. The van der Waals surface area contributed by atoms with Gasteiger partial charge in [0.1, 0.15) is 16.6 Å². The highest BCUT2D eigenvalue weighted by Gasteiger charge is 2.35. The smallest absolute Gasteiger partial charge is 0.346 e. The lowest BCUT2D eigenvalue weighted by molar-refractivity contribution is -0.0886. The Balaban J connectivity index is 1.65. The van der Waals surface area contributed by atoms with Crippen LogP contribution < -0.4 is 15.4 Å². The van der Waals surface area contributed by atoms with Crippen molar-refractivity contribution in [1.82, 2.24) is 4.98 Å². The molecule has 2 atom stereocenters. The van der Waals surface area contributed by atoms with Crippen LogP contribution in [-0.4, -0.2) is 42.0 Å². The van der Waals surface area contributed by atoms with Gasteiger partial charge >= 0.3 is 6.18 Å². The number of hydrogen-bond acceptors (Lipinski definition) is 4. The van der Waals surface area contributed by atoms with Crippen LogP contribution in [0.25, 0.3) is 6.08 Å². The molecule has 2 unspecified atom stereocenters. The molecule has 1 aromatic carbocycles. The van der Waals surface area contributed by atoms with Crippen molar-refractivity contribution in [2.24, 2.45) is 4.99 Å². The van der Waals surface area contributed by atoms with Crippen LogP contribution >= 0.6 is 15.9 Å². The van der Waals surface area contributed by atoms with E-state index in [2.05, 4.69) is 25.9 Å². The van der Waals surface area contributed by atoms with Gasteiger partial charge in [-0.3, -0.25) is 14.5 Å². The first-order valence-corrected chi connectivity index (χ1v) is 12.2. The number of aromatic amines is 1. The van der Waals surface area contributed by atoms with Gasteiger partial charge in [-0.1, -0.05) is 40.2 Å². The van der Waals surface area contributed by atoms with Crippen molar-refractivity contribution in [2.45, 2.75) is 22.7 Å². The van der Waals surface area contributed by atoms with Crippen LogP contribution in [0, 0.1) is 11.6 Å². The molecule has 6 nitrogen and oxygen atoms in total. The number of H-pyrrole nitrogens is 1. The molecule has 2 aliphatic rings. The topological polar surface area (TPSA) is 91.4 Å². The molecule has 180 valence electrons. The highest BCUT2D eigenvalue weighted by Crippen LogP contribution is 2.32. The summed E-state index contributed by atoms with van der Waals surface area (Å²) in [6.45, 7) is 0.399. The lowest BCUT2D eigenvalue weighted by Gasteiger charge is -2.19. The van der Waals surface area contributed by atoms with Crippen LogP contribution in [0.2, 0.25) is 0 Å². The Hall–Kier alpha value is -2.80. The maximum atomic E-state index is 15.2. The summed E-state index contributed by atoms with van der Waals surface area (Å²) < 4.78 is 95.1. The molecule has 2 aromatic rings. The number of aromatic nitrogens is 1. The third-order valence-electron chi connectivity index (χ3n) is 5.27. The van der Waals surface area contributed by atoms with Crippen LogP contribution in [0.3, 0.4) is 0 Å². The van der Waals surface area contributed by atoms with Gasteiger partial charge in [-0.25, -0.2) is 17.2 Å². The maximum Gasteiger partial charge on any atom is 0.416 e. The number of nitrogens with zero attached hydrogens (tertiary/aromatic N) is 1. The Morgan fingerprint density at radius 2 is 1.97 bits per heavy atom. The molecule has 0 saturated heterocycles. The van der Waals surface area contributed by atoms with Gasteiger partial charge in [0.05, 0.1) is 28.2 Å². The minimum Gasteiger partial charge on any atom is -0.346 e. The average molecular weight is 564 g/mol. The van der Waals surface area contributed by atoms with Crippen molar-refractivity contribution in [3.63, 3.8) is 0 Å². The summed E-state index contributed by atoms with van der Waals surface area (Å²) in [7, 11) is -4.41. The van der Waals surface area contributed by atoms with E-state index >= 15 is 4.39 Å². The number of carbonyl (C=O) groups excluding carboxylic acids is 1. The first-order chi connectivity index (χ1) is 15.9. The second-order valence-corrected chi connectivity index (χ2v) is 10.6. The van der Waals surface area contributed by atoms with E-state index in [1.807, 2.05) is 4.72 Å². The standard InChI is InChI=1S/C21H15BrF5N3O3S/c22-11-7-13-14(9-29-20(13)28-8-11)19(31)17-15(23)5-6-16(18(17)24)30-34(32,33)12-3-1-10(2-4-12)21(25,26)27/h1-3,5-7,9,11-12,30H,4,8H2,(H,28,29). The first kappa shape index (κ1) is 24.3. The highest BCUT2D eigenvalue weighted by atomic mass is 79.9. The zero-order valence-corrected chi connectivity index (χ0v) is 19.4. The molecule has 2 N–H and O–H groups in total. The summed E-state index contributed by atoms with van der Waals surface area (Å²) in [5.41, 5.74) is -2.37. The number of fused-ring (bicyclic) bond motifs is 1. The molecule has 1 aliphatic carbocycles. The predicted molar refractivity (Wildman–Crippen MR) is 118 cm³/mol. The molecule has 34 heavy (non-hydrogen) atoms. The number of anilines is 1. The molecule has 0 radical (unpaired) electrons. The zero-order valence-electron chi connectivity index (χ0n) is 17.0. The second kappa shape index (κ2) is 8.77. The molecule has 2 heterocycles. The van der Waals surface area contributed by atoms with E-state index in [0.29, 0.717) is 29.4 Å². The summed E-state index contributed by atoms with van der Waals surface area (Å²) in [6, 6.07) is 1.53. The van der Waals surface area contributed by atoms with Gasteiger partial charge in [-0.05, 0) is 18.6 Å².